The number of rotatable bonds is 1. The second-order valence-corrected chi connectivity index (χ2v) is 7.35. The second-order valence-electron chi connectivity index (χ2n) is 6.92. The molecule has 146 valence electrons. The van der Waals surface area contributed by atoms with Crippen molar-refractivity contribution in [2.45, 2.75) is 12.6 Å². The number of nitrogens with zero attached hydrogens (tertiary/aromatic N) is 5. The quantitative estimate of drug-likeness (QED) is 0.501. The van der Waals surface area contributed by atoms with Gasteiger partial charge in [-0.05, 0) is 12.1 Å². The van der Waals surface area contributed by atoms with Crippen LogP contribution in [0.3, 0.4) is 0 Å². The van der Waals surface area contributed by atoms with Crippen molar-refractivity contribution < 1.29 is 9.47 Å². The first-order valence-corrected chi connectivity index (χ1v) is 9.59. The molecule has 0 amide bonds. The molecule has 0 saturated heterocycles. The Labute approximate surface area is 169 Å². The molecule has 3 N–H and O–H groups in total. The number of pyridine rings is 1. The predicted molar refractivity (Wildman–Crippen MR) is 109 cm³/mol. The zero-order valence-electron chi connectivity index (χ0n) is 15.2. The summed E-state index contributed by atoms with van der Waals surface area (Å²) in [5.74, 6) is 2.26. The number of anilines is 1. The third-order valence-electron chi connectivity index (χ3n) is 5.07. The standard InChI is InChI=1S/C19H16ClN7O2/c20-10-2-3-16-22-8-13(26(16)9-10)17-24-18(21)25-19-23-11-6-14-15(7-12(11)27(17)19)29-5-1-4-28-14/h2-3,6-9,17H,1,4-5H2,(H3,21,23,24,25)/t17-/m1/s1. The van der Waals surface area contributed by atoms with Gasteiger partial charge >= 0.3 is 0 Å². The molecule has 4 aromatic rings. The van der Waals surface area contributed by atoms with Crippen molar-refractivity contribution in [2.24, 2.45) is 10.7 Å². The second kappa shape index (κ2) is 6.02. The Morgan fingerprint density at radius 3 is 2.86 bits per heavy atom. The lowest BCUT2D eigenvalue weighted by atomic mass is 10.2. The molecule has 0 fully saturated rings. The first-order chi connectivity index (χ1) is 14.2. The van der Waals surface area contributed by atoms with Crippen LogP contribution in [0.15, 0.2) is 41.7 Å². The van der Waals surface area contributed by atoms with E-state index in [2.05, 4.69) is 15.3 Å². The molecule has 0 unspecified atom stereocenters. The van der Waals surface area contributed by atoms with E-state index < -0.39 is 6.17 Å². The molecule has 6 rings (SSSR count). The van der Waals surface area contributed by atoms with Gasteiger partial charge in [0.25, 0.3) is 0 Å². The number of hydrogen-bond acceptors (Lipinski definition) is 7. The fraction of sp³-hybridized carbons (Fsp3) is 0.211. The third-order valence-corrected chi connectivity index (χ3v) is 5.29. The van der Waals surface area contributed by atoms with Gasteiger partial charge in [-0.2, -0.15) is 0 Å². The van der Waals surface area contributed by atoms with E-state index >= 15 is 0 Å². The Morgan fingerprint density at radius 1 is 1.17 bits per heavy atom. The number of halogens is 1. The smallest absolute Gasteiger partial charge is 0.212 e. The maximum Gasteiger partial charge on any atom is 0.212 e. The number of imidazole rings is 2. The zero-order valence-corrected chi connectivity index (χ0v) is 15.9. The van der Waals surface area contributed by atoms with E-state index in [0.717, 1.165) is 28.8 Å². The van der Waals surface area contributed by atoms with E-state index in [1.807, 2.05) is 33.4 Å². The van der Waals surface area contributed by atoms with Crippen LogP contribution in [0.2, 0.25) is 5.02 Å². The Hall–Kier alpha value is -3.46. The summed E-state index contributed by atoms with van der Waals surface area (Å²) in [5.41, 5.74) is 9.27. The molecule has 3 aromatic heterocycles. The Kier molecular flexibility index (Phi) is 3.42. The summed E-state index contributed by atoms with van der Waals surface area (Å²) in [7, 11) is 0. The largest absolute Gasteiger partial charge is 0.489 e. The van der Waals surface area contributed by atoms with Gasteiger partial charge in [0, 0.05) is 24.8 Å². The third kappa shape index (κ3) is 2.51. The number of nitrogens with one attached hydrogen (secondary N) is 1. The maximum atomic E-state index is 6.21. The molecule has 1 aromatic carbocycles. The molecule has 0 bridgehead atoms. The van der Waals surface area contributed by atoms with Gasteiger partial charge in [0.05, 0.1) is 41.2 Å². The van der Waals surface area contributed by atoms with Gasteiger partial charge in [-0.1, -0.05) is 11.6 Å². The number of hydrogen-bond donors (Lipinski definition) is 2. The number of aliphatic imine (C=N–C) groups is 1. The highest BCUT2D eigenvalue weighted by Gasteiger charge is 2.29. The van der Waals surface area contributed by atoms with Crippen molar-refractivity contribution in [3.05, 3.63) is 47.4 Å². The molecule has 2 aliphatic heterocycles. The van der Waals surface area contributed by atoms with E-state index in [1.54, 1.807) is 12.3 Å². The van der Waals surface area contributed by atoms with E-state index in [4.69, 9.17) is 31.8 Å². The molecule has 9 nitrogen and oxygen atoms in total. The van der Waals surface area contributed by atoms with Crippen LogP contribution in [-0.4, -0.2) is 38.1 Å². The van der Waals surface area contributed by atoms with Crippen molar-refractivity contribution in [1.82, 2.24) is 18.9 Å². The normalized spacial score (nSPS) is 18.2. The number of nitrogens with two attached hydrogens (primary N) is 1. The summed E-state index contributed by atoms with van der Waals surface area (Å²) in [6.45, 7) is 1.23. The van der Waals surface area contributed by atoms with Crippen molar-refractivity contribution >= 4 is 40.2 Å². The minimum absolute atomic E-state index is 0.281. The van der Waals surface area contributed by atoms with Crippen molar-refractivity contribution in [3.8, 4) is 11.5 Å². The highest BCUT2D eigenvalue weighted by atomic mass is 35.5. The lowest BCUT2D eigenvalue weighted by Crippen LogP contribution is -2.31. The highest BCUT2D eigenvalue weighted by molar-refractivity contribution is 6.30. The van der Waals surface area contributed by atoms with Crippen LogP contribution >= 0.6 is 11.6 Å². The van der Waals surface area contributed by atoms with Gasteiger partial charge in [0.2, 0.25) is 5.95 Å². The van der Waals surface area contributed by atoms with E-state index in [1.165, 1.54) is 0 Å². The summed E-state index contributed by atoms with van der Waals surface area (Å²) >= 11 is 6.21. The summed E-state index contributed by atoms with van der Waals surface area (Å²) < 4.78 is 15.6. The minimum atomic E-state index is -0.463. The van der Waals surface area contributed by atoms with Crippen LogP contribution in [-0.2, 0) is 0 Å². The zero-order chi connectivity index (χ0) is 19.5. The van der Waals surface area contributed by atoms with Crippen LogP contribution in [0.4, 0.5) is 5.95 Å². The Balaban J connectivity index is 1.59. The number of benzene rings is 1. The number of aromatic nitrogens is 4. The van der Waals surface area contributed by atoms with Crippen molar-refractivity contribution in [1.29, 1.82) is 0 Å². The van der Waals surface area contributed by atoms with Crippen LogP contribution in [0.5, 0.6) is 11.5 Å². The van der Waals surface area contributed by atoms with Crippen LogP contribution in [0.25, 0.3) is 16.7 Å². The molecule has 5 heterocycles. The van der Waals surface area contributed by atoms with Gasteiger partial charge in [0.15, 0.2) is 23.6 Å². The van der Waals surface area contributed by atoms with Gasteiger partial charge in [-0.25, -0.2) is 15.0 Å². The fourth-order valence-corrected chi connectivity index (χ4v) is 3.95. The van der Waals surface area contributed by atoms with Gasteiger partial charge in [-0.15, -0.1) is 0 Å². The number of ether oxygens (including phenoxy) is 2. The average Bonchev–Trinajstić information content (AvgIpc) is 3.18. The molecule has 10 heteroatoms. The Morgan fingerprint density at radius 2 is 2.00 bits per heavy atom. The fourth-order valence-electron chi connectivity index (χ4n) is 3.79. The summed E-state index contributed by atoms with van der Waals surface area (Å²) in [6, 6.07) is 7.49. The molecular formula is C19H16ClN7O2. The molecule has 2 aliphatic rings. The van der Waals surface area contributed by atoms with Crippen LogP contribution in [0, 0.1) is 0 Å². The first-order valence-electron chi connectivity index (χ1n) is 9.22. The van der Waals surface area contributed by atoms with Crippen molar-refractivity contribution in [3.63, 3.8) is 0 Å². The highest BCUT2D eigenvalue weighted by Crippen LogP contribution is 2.39. The van der Waals surface area contributed by atoms with Gasteiger partial charge < -0.3 is 15.2 Å². The molecule has 0 spiro atoms. The molecule has 0 radical (unpaired) electrons. The van der Waals surface area contributed by atoms with Crippen LogP contribution in [0.1, 0.15) is 18.3 Å². The summed E-state index contributed by atoms with van der Waals surface area (Å²) in [4.78, 5) is 13.8. The molecule has 0 aliphatic carbocycles. The average molecular weight is 410 g/mol. The van der Waals surface area contributed by atoms with E-state index in [9.17, 15) is 0 Å². The lowest BCUT2D eigenvalue weighted by Gasteiger charge is -2.23. The molecular weight excluding hydrogens is 394 g/mol. The summed E-state index contributed by atoms with van der Waals surface area (Å²) in [5, 5.41) is 3.65. The topological polar surface area (TPSA) is 104 Å². The SMILES string of the molecule is NC1=N[C@@H](c2cnc3ccc(Cl)cn23)n2c(nc3cc4c(cc32)OCCCO4)N1. The first kappa shape index (κ1) is 16.5. The van der Waals surface area contributed by atoms with E-state index in [0.29, 0.717) is 35.7 Å². The Bertz CT molecular complexity index is 1310. The minimum Gasteiger partial charge on any atom is -0.489 e. The number of fused-ring (bicyclic) bond motifs is 5. The molecule has 0 saturated carbocycles. The number of guanidine groups is 1. The molecule has 29 heavy (non-hydrogen) atoms. The summed E-state index contributed by atoms with van der Waals surface area (Å²) in [6.07, 6.45) is 3.96. The predicted octanol–water partition coefficient (Wildman–Crippen LogP) is 2.79. The van der Waals surface area contributed by atoms with E-state index in [-0.39, 0.29) is 5.96 Å². The maximum absolute atomic E-state index is 6.21. The monoisotopic (exact) mass is 409 g/mol. The van der Waals surface area contributed by atoms with Crippen LogP contribution < -0.4 is 20.5 Å². The van der Waals surface area contributed by atoms with Crippen molar-refractivity contribution in [2.75, 3.05) is 18.5 Å². The van der Waals surface area contributed by atoms with Gasteiger partial charge in [-0.3, -0.25) is 14.3 Å². The molecule has 1 atom stereocenters. The van der Waals surface area contributed by atoms with Gasteiger partial charge in [0.1, 0.15) is 5.65 Å². The lowest BCUT2D eigenvalue weighted by molar-refractivity contribution is 0.297.